The third kappa shape index (κ3) is 6.43. The molecule has 34 heavy (non-hydrogen) atoms. The Kier molecular flexibility index (Phi) is 9.47. The van der Waals surface area contributed by atoms with Crippen molar-refractivity contribution in [2.75, 3.05) is 19.8 Å². The van der Waals surface area contributed by atoms with E-state index in [2.05, 4.69) is 51.1 Å². The lowest BCUT2D eigenvalue weighted by atomic mass is 9.78. The molecule has 1 heterocycles. The lowest BCUT2D eigenvalue weighted by molar-refractivity contribution is -0.191. The minimum absolute atomic E-state index is 0.289. The van der Waals surface area contributed by atoms with Gasteiger partial charge in [-0.05, 0) is 66.3 Å². The van der Waals surface area contributed by atoms with Gasteiger partial charge in [0, 0.05) is 11.5 Å². The summed E-state index contributed by atoms with van der Waals surface area (Å²) < 4.78 is 18.3. The van der Waals surface area contributed by atoms with Gasteiger partial charge in [0.2, 0.25) is 0 Å². The molecule has 2 aromatic carbocycles. The van der Waals surface area contributed by atoms with Crippen LogP contribution in [-0.2, 0) is 9.47 Å². The highest BCUT2D eigenvalue weighted by Gasteiger charge is 2.29. The Labute approximate surface area is 207 Å². The molecular weight excluding hydrogens is 420 g/mol. The number of hydrogen-bond acceptors (Lipinski definition) is 3. The molecule has 3 heteroatoms. The number of benzene rings is 2. The number of rotatable bonds is 10. The third-order valence-electron chi connectivity index (χ3n) is 7.70. The van der Waals surface area contributed by atoms with Gasteiger partial charge >= 0.3 is 0 Å². The van der Waals surface area contributed by atoms with Crippen molar-refractivity contribution in [3.05, 3.63) is 64.7 Å². The van der Waals surface area contributed by atoms with E-state index in [9.17, 15) is 0 Å². The van der Waals surface area contributed by atoms with Crippen molar-refractivity contribution in [1.82, 2.24) is 0 Å². The van der Waals surface area contributed by atoms with E-state index in [1.165, 1.54) is 56.1 Å². The third-order valence-corrected chi connectivity index (χ3v) is 7.70. The SMILES string of the molecule is CCCCOc1ccc(C2OCC(c3ccc(C(C)CCC)cc3C3CCCCC3)CO2)cc1. The maximum Gasteiger partial charge on any atom is 0.183 e. The molecule has 2 aromatic rings. The largest absolute Gasteiger partial charge is 0.494 e. The summed E-state index contributed by atoms with van der Waals surface area (Å²) in [6.07, 6.45) is 11.2. The van der Waals surface area contributed by atoms with Gasteiger partial charge in [-0.1, -0.05) is 83.2 Å². The van der Waals surface area contributed by atoms with Gasteiger partial charge in [-0.25, -0.2) is 0 Å². The molecule has 0 aromatic heterocycles. The van der Waals surface area contributed by atoms with Crippen molar-refractivity contribution in [2.45, 2.75) is 103 Å². The minimum atomic E-state index is -0.289. The highest BCUT2D eigenvalue weighted by atomic mass is 16.7. The first-order chi connectivity index (χ1) is 16.7. The van der Waals surface area contributed by atoms with Crippen molar-refractivity contribution in [2.24, 2.45) is 0 Å². The zero-order valence-corrected chi connectivity index (χ0v) is 21.6. The van der Waals surface area contributed by atoms with Crippen LogP contribution in [0.1, 0.15) is 125 Å². The van der Waals surface area contributed by atoms with Crippen LogP contribution < -0.4 is 4.74 Å². The Hall–Kier alpha value is -1.84. The molecule has 1 unspecified atom stereocenters. The summed E-state index contributed by atoms with van der Waals surface area (Å²) in [6.45, 7) is 9.03. The summed E-state index contributed by atoms with van der Waals surface area (Å²) in [4.78, 5) is 0. The summed E-state index contributed by atoms with van der Waals surface area (Å²) in [5.41, 5.74) is 5.60. The molecule has 186 valence electrons. The van der Waals surface area contributed by atoms with Crippen LogP contribution in [0.15, 0.2) is 42.5 Å². The first-order valence-corrected chi connectivity index (χ1v) is 13.8. The highest BCUT2D eigenvalue weighted by Crippen LogP contribution is 2.40. The van der Waals surface area contributed by atoms with Crippen LogP contribution in [0.3, 0.4) is 0 Å². The van der Waals surface area contributed by atoms with Crippen molar-refractivity contribution in [1.29, 1.82) is 0 Å². The fraction of sp³-hybridized carbons (Fsp3) is 0.613. The molecule has 0 amide bonds. The van der Waals surface area contributed by atoms with E-state index < -0.39 is 0 Å². The molecule has 3 nitrogen and oxygen atoms in total. The fourth-order valence-corrected chi connectivity index (χ4v) is 5.57. The topological polar surface area (TPSA) is 27.7 Å². The number of ether oxygens (including phenoxy) is 3. The van der Waals surface area contributed by atoms with E-state index in [4.69, 9.17) is 14.2 Å². The average molecular weight is 465 g/mol. The predicted molar refractivity (Wildman–Crippen MR) is 140 cm³/mol. The van der Waals surface area contributed by atoms with Gasteiger partial charge in [0.15, 0.2) is 6.29 Å². The molecule has 2 aliphatic rings. The molecule has 4 rings (SSSR count). The van der Waals surface area contributed by atoms with Crippen LogP contribution in [0.25, 0.3) is 0 Å². The van der Waals surface area contributed by atoms with Gasteiger partial charge in [-0.3, -0.25) is 0 Å². The van der Waals surface area contributed by atoms with Gasteiger partial charge in [0.1, 0.15) is 5.75 Å². The summed E-state index contributed by atoms with van der Waals surface area (Å²) in [5.74, 6) is 2.54. The molecule has 1 atom stereocenters. The first-order valence-electron chi connectivity index (χ1n) is 13.8. The minimum Gasteiger partial charge on any atom is -0.494 e. The molecule has 1 saturated carbocycles. The first kappa shape index (κ1) is 25.3. The Morgan fingerprint density at radius 3 is 2.26 bits per heavy atom. The van der Waals surface area contributed by atoms with E-state index in [0.29, 0.717) is 31.0 Å². The number of hydrogen-bond donors (Lipinski definition) is 0. The summed E-state index contributed by atoms with van der Waals surface area (Å²) in [7, 11) is 0. The molecule has 1 aliphatic carbocycles. The van der Waals surface area contributed by atoms with Gasteiger partial charge in [0.05, 0.1) is 19.8 Å². The highest BCUT2D eigenvalue weighted by molar-refractivity contribution is 5.39. The van der Waals surface area contributed by atoms with Gasteiger partial charge in [0.25, 0.3) is 0 Å². The molecule has 0 bridgehead atoms. The molecular formula is C31H44O3. The lowest BCUT2D eigenvalue weighted by Crippen LogP contribution is -2.27. The Morgan fingerprint density at radius 1 is 0.853 bits per heavy atom. The normalized spacial score (nSPS) is 22.4. The Balaban J connectivity index is 1.43. The van der Waals surface area contributed by atoms with Crippen LogP contribution in [-0.4, -0.2) is 19.8 Å². The zero-order chi connectivity index (χ0) is 23.8. The molecule has 1 aliphatic heterocycles. The summed E-state index contributed by atoms with van der Waals surface area (Å²) >= 11 is 0. The summed E-state index contributed by atoms with van der Waals surface area (Å²) in [6, 6.07) is 15.5. The molecule has 1 saturated heterocycles. The van der Waals surface area contributed by atoms with Crippen LogP contribution in [0.4, 0.5) is 0 Å². The fourth-order valence-electron chi connectivity index (χ4n) is 5.57. The Bertz CT molecular complexity index is 861. The molecule has 2 fully saturated rings. The molecule has 0 N–H and O–H groups in total. The van der Waals surface area contributed by atoms with E-state index in [0.717, 1.165) is 30.8 Å². The van der Waals surface area contributed by atoms with E-state index in [-0.39, 0.29) is 6.29 Å². The van der Waals surface area contributed by atoms with Crippen molar-refractivity contribution in [3.8, 4) is 5.75 Å². The zero-order valence-electron chi connectivity index (χ0n) is 21.6. The van der Waals surface area contributed by atoms with Gasteiger partial charge in [-0.15, -0.1) is 0 Å². The number of unbranched alkanes of at least 4 members (excludes halogenated alkanes) is 1. The van der Waals surface area contributed by atoms with Crippen LogP contribution >= 0.6 is 0 Å². The lowest BCUT2D eigenvalue weighted by Gasteiger charge is -2.33. The summed E-state index contributed by atoms with van der Waals surface area (Å²) in [5, 5.41) is 0. The average Bonchev–Trinajstić information content (AvgIpc) is 2.90. The molecule has 0 spiro atoms. The molecule has 0 radical (unpaired) electrons. The van der Waals surface area contributed by atoms with Crippen molar-refractivity contribution < 1.29 is 14.2 Å². The smallest absolute Gasteiger partial charge is 0.183 e. The van der Waals surface area contributed by atoms with E-state index in [1.807, 2.05) is 12.1 Å². The standard InChI is InChI=1S/C31H44O3/c1-4-6-19-32-28-16-13-25(14-17-28)31-33-21-27(22-34-31)29-18-15-26(23(3)10-5-2)20-30(29)24-11-8-7-9-12-24/h13-18,20,23-24,27,31H,4-12,19,21-22H2,1-3H3. The Morgan fingerprint density at radius 2 is 1.59 bits per heavy atom. The van der Waals surface area contributed by atoms with Crippen molar-refractivity contribution in [3.63, 3.8) is 0 Å². The predicted octanol–water partition coefficient (Wildman–Crippen LogP) is 8.65. The van der Waals surface area contributed by atoms with Crippen molar-refractivity contribution >= 4 is 0 Å². The van der Waals surface area contributed by atoms with Gasteiger partial charge in [-0.2, -0.15) is 0 Å². The quantitative estimate of drug-likeness (QED) is 0.329. The second-order valence-electron chi connectivity index (χ2n) is 10.4. The second-order valence-corrected chi connectivity index (χ2v) is 10.4. The maximum atomic E-state index is 6.27. The van der Waals surface area contributed by atoms with Crippen LogP contribution in [0.5, 0.6) is 5.75 Å². The van der Waals surface area contributed by atoms with Gasteiger partial charge < -0.3 is 14.2 Å². The second kappa shape index (κ2) is 12.7. The van der Waals surface area contributed by atoms with E-state index >= 15 is 0 Å². The van der Waals surface area contributed by atoms with E-state index in [1.54, 1.807) is 5.56 Å². The van der Waals surface area contributed by atoms with Crippen LogP contribution in [0, 0.1) is 0 Å². The monoisotopic (exact) mass is 464 g/mol. The van der Waals surface area contributed by atoms with Crippen LogP contribution in [0.2, 0.25) is 0 Å². The maximum absolute atomic E-state index is 6.27.